The van der Waals surface area contributed by atoms with Crippen LogP contribution in [0.1, 0.15) is 15.9 Å². The molecular formula is C11H12FNO4. The number of hydrogen-bond donors (Lipinski definition) is 3. The van der Waals surface area contributed by atoms with Gasteiger partial charge < -0.3 is 15.5 Å². The van der Waals surface area contributed by atoms with Crippen LogP contribution in [-0.2, 0) is 4.79 Å². The van der Waals surface area contributed by atoms with Crippen molar-refractivity contribution in [3.63, 3.8) is 0 Å². The van der Waals surface area contributed by atoms with E-state index in [1.165, 1.54) is 12.1 Å². The Hall–Kier alpha value is -1.95. The largest absolute Gasteiger partial charge is 0.479 e. The van der Waals surface area contributed by atoms with Gasteiger partial charge in [0.1, 0.15) is 5.82 Å². The molecule has 0 saturated carbocycles. The van der Waals surface area contributed by atoms with Crippen LogP contribution in [0.4, 0.5) is 4.39 Å². The van der Waals surface area contributed by atoms with Crippen LogP contribution >= 0.6 is 0 Å². The fourth-order valence-electron chi connectivity index (χ4n) is 1.11. The van der Waals surface area contributed by atoms with E-state index < -0.39 is 30.3 Å². The molecule has 0 spiro atoms. The molecule has 92 valence electrons. The molecule has 17 heavy (non-hydrogen) atoms. The smallest absolute Gasteiger partial charge is 0.334 e. The SMILES string of the molecule is Cc1ccc(C(=O)NCC(O)C(=O)O)cc1F. The van der Waals surface area contributed by atoms with Gasteiger partial charge in [-0.15, -0.1) is 0 Å². The first kappa shape index (κ1) is 13.1. The van der Waals surface area contributed by atoms with E-state index in [1.54, 1.807) is 6.92 Å². The topological polar surface area (TPSA) is 86.6 Å². The number of carboxylic acid groups (broad SMARTS) is 1. The highest BCUT2D eigenvalue weighted by atomic mass is 19.1. The molecule has 0 bridgehead atoms. The van der Waals surface area contributed by atoms with E-state index in [4.69, 9.17) is 10.2 Å². The molecule has 0 aliphatic rings. The van der Waals surface area contributed by atoms with Crippen LogP contribution in [0.3, 0.4) is 0 Å². The first-order valence-electron chi connectivity index (χ1n) is 4.87. The summed E-state index contributed by atoms with van der Waals surface area (Å²) in [6.07, 6.45) is -1.67. The minimum absolute atomic E-state index is 0.0747. The number of aliphatic hydroxyl groups excluding tert-OH is 1. The second kappa shape index (κ2) is 5.40. The van der Waals surface area contributed by atoms with E-state index in [9.17, 15) is 14.0 Å². The second-order valence-electron chi connectivity index (χ2n) is 3.53. The first-order chi connectivity index (χ1) is 7.91. The first-order valence-corrected chi connectivity index (χ1v) is 4.87. The van der Waals surface area contributed by atoms with E-state index in [2.05, 4.69) is 5.32 Å². The number of hydrogen-bond acceptors (Lipinski definition) is 3. The van der Waals surface area contributed by atoms with Crippen LogP contribution < -0.4 is 5.32 Å². The van der Waals surface area contributed by atoms with Gasteiger partial charge >= 0.3 is 5.97 Å². The Kier molecular flexibility index (Phi) is 4.17. The Labute approximate surface area is 96.9 Å². The third-order valence-electron chi connectivity index (χ3n) is 2.18. The Morgan fingerprint density at radius 1 is 1.47 bits per heavy atom. The lowest BCUT2D eigenvalue weighted by molar-refractivity contribution is -0.146. The molecular weight excluding hydrogens is 229 g/mol. The van der Waals surface area contributed by atoms with Crippen molar-refractivity contribution in [2.45, 2.75) is 13.0 Å². The van der Waals surface area contributed by atoms with Crippen molar-refractivity contribution in [3.8, 4) is 0 Å². The van der Waals surface area contributed by atoms with Crippen molar-refractivity contribution < 1.29 is 24.2 Å². The summed E-state index contributed by atoms with van der Waals surface area (Å²) in [5, 5.41) is 19.5. The molecule has 0 heterocycles. The summed E-state index contributed by atoms with van der Waals surface area (Å²) in [5.41, 5.74) is 0.484. The highest BCUT2D eigenvalue weighted by molar-refractivity contribution is 5.94. The van der Waals surface area contributed by atoms with Crippen LogP contribution in [0.5, 0.6) is 0 Å². The van der Waals surface area contributed by atoms with Crippen LogP contribution in [0.15, 0.2) is 18.2 Å². The van der Waals surface area contributed by atoms with E-state index in [1.807, 2.05) is 0 Å². The Morgan fingerprint density at radius 2 is 2.12 bits per heavy atom. The van der Waals surface area contributed by atoms with Gasteiger partial charge in [0.05, 0.1) is 6.54 Å². The zero-order valence-electron chi connectivity index (χ0n) is 9.11. The van der Waals surface area contributed by atoms with Crippen molar-refractivity contribution in [1.82, 2.24) is 5.32 Å². The quantitative estimate of drug-likeness (QED) is 0.708. The zero-order chi connectivity index (χ0) is 13.0. The molecule has 0 saturated heterocycles. The van der Waals surface area contributed by atoms with Crippen LogP contribution in [0.2, 0.25) is 0 Å². The fraction of sp³-hybridized carbons (Fsp3) is 0.273. The number of carbonyl (C=O) groups excluding carboxylic acids is 1. The molecule has 0 fully saturated rings. The molecule has 0 aliphatic carbocycles. The molecule has 6 heteroatoms. The average Bonchev–Trinajstić information content (AvgIpc) is 2.28. The van der Waals surface area contributed by atoms with Gasteiger partial charge in [0.15, 0.2) is 6.10 Å². The standard InChI is InChI=1S/C11H12FNO4/c1-6-2-3-7(4-8(6)12)10(15)13-5-9(14)11(16)17/h2-4,9,14H,5H2,1H3,(H,13,15)(H,16,17). The van der Waals surface area contributed by atoms with E-state index in [0.717, 1.165) is 6.07 Å². The van der Waals surface area contributed by atoms with Gasteiger partial charge in [-0.05, 0) is 24.6 Å². The van der Waals surface area contributed by atoms with Gasteiger partial charge in [-0.3, -0.25) is 4.79 Å². The summed E-state index contributed by atoms with van der Waals surface area (Å²) in [4.78, 5) is 21.7. The number of carboxylic acids is 1. The molecule has 1 atom stereocenters. The normalized spacial score (nSPS) is 11.9. The highest BCUT2D eigenvalue weighted by Crippen LogP contribution is 2.08. The van der Waals surface area contributed by atoms with Crippen molar-refractivity contribution in [1.29, 1.82) is 0 Å². The molecule has 0 aromatic heterocycles. The predicted molar refractivity (Wildman–Crippen MR) is 57.1 cm³/mol. The number of amides is 1. The number of carbonyl (C=O) groups is 2. The third-order valence-corrected chi connectivity index (χ3v) is 2.18. The van der Waals surface area contributed by atoms with Gasteiger partial charge in [0.2, 0.25) is 0 Å². The molecule has 1 rings (SSSR count). The maximum Gasteiger partial charge on any atom is 0.334 e. The number of aliphatic hydroxyl groups is 1. The van der Waals surface area contributed by atoms with E-state index in [-0.39, 0.29) is 5.56 Å². The Morgan fingerprint density at radius 3 is 2.65 bits per heavy atom. The predicted octanol–water partition coefficient (Wildman–Crippen LogP) is 0.309. The summed E-state index contributed by atoms with van der Waals surface area (Å²) in [7, 11) is 0. The third kappa shape index (κ3) is 3.53. The maximum atomic E-state index is 13.1. The summed E-state index contributed by atoms with van der Waals surface area (Å²) >= 11 is 0. The molecule has 1 unspecified atom stereocenters. The lowest BCUT2D eigenvalue weighted by atomic mass is 10.1. The molecule has 1 aromatic rings. The van der Waals surface area contributed by atoms with Gasteiger partial charge in [0.25, 0.3) is 5.91 Å². The van der Waals surface area contributed by atoms with Crippen LogP contribution in [-0.4, -0.2) is 34.7 Å². The second-order valence-corrected chi connectivity index (χ2v) is 3.53. The minimum atomic E-state index is -1.67. The Balaban J connectivity index is 2.64. The molecule has 1 aromatic carbocycles. The van der Waals surface area contributed by atoms with E-state index in [0.29, 0.717) is 5.56 Å². The number of benzene rings is 1. The van der Waals surface area contributed by atoms with Crippen molar-refractivity contribution in [3.05, 3.63) is 35.1 Å². The summed E-state index contributed by atoms with van der Waals surface area (Å²) in [5.74, 6) is -2.58. The molecule has 0 aliphatic heterocycles. The molecule has 1 amide bonds. The van der Waals surface area contributed by atoms with Gasteiger partial charge in [0, 0.05) is 5.56 Å². The summed E-state index contributed by atoms with van der Waals surface area (Å²) < 4.78 is 13.1. The summed E-state index contributed by atoms with van der Waals surface area (Å²) in [6.45, 7) is 1.13. The molecule has 0 radical (unpaired) electrons. The fourth-order valence-corrected chi connectivity index (χ4v) is 1.11. The van der Waals surface area contributed by atoms with Crippen molar-refractivity contribution in [2.24, 2.45) is 0 Å². The number of halogens is 1. The molecule has 5 nitrogen and oxygen atoms in total. The highest BCUT2D eigenvalue weighted by Gasteiger charge is 2.15. The van der Waals surface area contributed by atoms with Crippen molar-refractivity contribution >= 4 is 11.9 Å². The number of aliphatic carboxylic acids is 1. The average molecular weight is 241 g/mol. The monoisotopic (exact) mass is 241 g/mol. The zero-order valence-corrected chi connectivity index (χ0v) is 9.11. The van der Waals surface area contributed by atoms with Crippen LogP contribution in [0.25, 0.3) is 0 Å². The van der Waals surface area contributed by atoms with E-state index >= 15 is 0 Å². The minimum Gasteiger partial charge on any atom is -0.479 e. The number of aryl methyl sites for hydroxylation is 1. The van der Waals surface area contributed by atoms with Crippen LogP contribution in [0, 0.1) is 12.7 Å². The number of nitrogens with one attached hydrogen (secondary N) is 1. The summed E-state index contributed by atoms with van der Waals surface area (Å²) in [6, 6.07) is 3.91. The van der Waals surface area contributed by atoms with Gasteiger partial charge in [-0.25, -0.2) is 9.18 Å². The maximum absolute atomic E-state index is 13.1. The molecule has 3 N–H and O–H groups in total. The van der Waals surface area contributed by atoms with Gasteiger partial charge in [-0.1, -0.05) is 6.07 Å². The van der Waals surface area contributed by atoms with Crippen molar-refractivity contribution in [2.75, 3.05) is 6.54 Å². The number of rotatable bonds is 4. The van der Waals surface area contributed by atoms with Gasteiger partial charge in [-0.2, -0.15) is 0 Å². The Bertz CT molecular complexity index is 447. The lowest BCUT2D eigenvalue weighted by Gasteiger charge is -2.08. The lowest BCUT2D eigenvalue weighted by Crippen LogP contribution is -2.36.